The summed E-state index contributed by atoms with van der Waals surface area (Å²) >= 11 is 0. The van der Waals surface area contributed by atoms with Gasteiger partial charge in [-0.3, -0.25) is 14.9 Å². The summed E-state index contributed by atoms with van der Waals surface area (Å²) in [6.45, 7) is 4.83. The molecule has 0 bridgehead atoms. The van der Waals surface area contributed by atoms with Gasteiger partial charge in [-0.1, -0.05) is 18.7 Å². The van der Waals surface area contributed by atoms with Crippen LogP contribution in [-0.4, -0.2) is 10.7 Å². The highest BCUT2D eigenvalue weighted by Gasteiger charge is 2.13. The summed E-state index contributed by atoms with van der Waals surface area (Å²) in [6.07, 6.45) is 1.39. The van der Waals surface area contributed by atoms with Gasteiger partial charge in [0.1, 0.15) is 0 Å². The van der Waals surface area contributed by atoms with E-state index >= 15 is 0 Å². The maximum absolute atomic E-state index is 11.0. The topological polar surface area (TPSA) is 60.2 Å². The van der Waals surface area contributed by atoms with Crippen LogP contribution in [0, 0.1) is 10.1 Å². The molecule has 0 N–H and O–H groups in total. The number of Topliss-reactive ketones (excluding diaryl/α,β-unsaturated/α-hetero) is 1. The van der Waals surface area contributed by atoms with Crippen LogP contribution >= 0.6 is 0 Å². The fraction of sp³-hybridized carbons (Fsp3) is 0.100. The van der Waals surface area contributed by atoms with Crippen LogP contribution in [0.5, 0.6) is 0 Å². The first-order valence-electron chi connectivity index (χ1n) is 3.98. The van der Waals surface area contributed by atoms with E-state index in [-0.39, 0.29) is 11.5 Å². The van der Waals surface area contributed by atoms with E-state index in [1.807, 2.05) is 0 Å². The van der Waals surface area contributed by atoms with Crippen LogP contribution in [0.3, 0.4) is 0 Å². The number of hydrogen-bond donors (Lipinski definition) is 0. The zero-order valence-electron chi connectivity index (χ0n) is 7.69. The number of hydrogen-bond acceptors (Lipinski definition) is 3. The standard InChI is InChI=1S/C10H9NO3/c1-3-8-4-5-9(7(2)12)6-10(8)11(13)14/h3-6H,1H2,2H3. The molecule has 0 aliphatic heterocycles. The number of rotatable bonds is 3. The first-order chi connectivity index (χ1) is 6.56. The lowest BCUT2D eigenvalue weighted by Gasteiger charge is -1.99. The molecule has 0 aliphatic carbocycles. The van der Waals surface area contributed by atoms with Crippen LogP contribution in [0.25, 0.3) is 6.08 Å². The number of ketones is 1. The van der Waals surface area contributed by atoms with Crippen molar-refractivity contribution < 1.29 is 9.72 Å². The molecule has 1 rings (SSSR count). The molecule has 0 amide bonds. The molecule has 0 spiro atoms. The van der Waals surface area contributed by atoms with Gasteiger partial charge in [0.2, 0.25) is 0 Å². The lowest BCUT2D eigenvalue weighted by molar-refractivity contribution is -0.385. The number of nitro benzene ring substituents is 1. The van der Waals surface area contributed by atoms with Crippen molar-refractivity contribution in [1.29, 1.82) is 0 Å². The molecule has 0 fully saturated rings. The van der Waals surface area contributed by atoms with Crippen molar-refractivity contribution in [3.05, 3.63) is 46.0 Å². The second-order valence-corrected chi connectivity index (χ2v) is 2.79. The Kier molecular flexibility index (Phi) is 2.76. The number of carbonyl (C=O) groups is 1. The van der Waals surface area contributed by atoms with Crippen LogP contribution in [0.4, 0.5) is 5.69 Å². The van der Waals surface area contributed by atoms with Crippen LogP contribution in [0.2, 0.25) is 0 Å². The third kappa shape index (κ3) is 1.85. The van der Waals surface area contributed by atoms with Crippen molar-refractivity contribution in [3.8, 4) is 0 Å². The molecule has 14 heavy (non-hydrogen) atoms. The highest BCUT2D eigenvalue weighted by molar-refractivity contribution is 5.95. The summed E-state index contributed by atoms with van der Waals surface area (Å²) in [5, 5.41) is 10.6. The minimum atomic E-state index is -0.524. The van der Waals surface area contributed by atoms with E-state index in [0.29, 0.717) is 11.1 Å². The molecular weight excluding hydrogens is 182 g/mol. The van der Waals surface area contributed by atoms with Gasteiger partial charge in [0, 0.05) is 11.6 Å². The van der Waals surface area contributed by atoms with Gasteiger partial charge < -0.3 is 0 Å². The lowest BCUT2D eigenvalue weighted by atomic mass is 10.1. The first-order valence-corrected chi connectivity index (χ1v) is 3.98. The van der Waals surface area contributed by atoms with Gasteiger partial charge in [-0.25, -0.2) is 0 Å². The molecule has 0 heterocycles. The zero-order valence-corrected chi connectivity index (χ0v) is 7.69. The van der Waals surface area contributed by atoms with Crippen molar-refractivity contribution in [1.82, 2.24) is 0 Å². The van der Waals surface area contributed by atoms with Crippen LogP contribution in [0.1, 0.15) is 22.8 Å². The van der Waals surface area contributed by atoms with Gasteiger partial charge in [-0.05, 0) is 13.0 Å². The Morgan fingerprint density at radius 3 is 2.64 bits per heavy atom. The van der Waals surface area contributed by atoms with E-state index in [9.17, 15) is 14.9 Å². The number of benzene rings is 1. The largest absolute Gasteiger partial charge is 0.295 e. The molecule has 0 radical (unpaired) electrons. The predicted octanol–water partition coefficient (Wildman–Crippen LogP) is 2.44. The maximum Gasteiger partial charge on any atom is 0.277 e. The molecule has 1 aromatic rings. The Labute approximate surface area is 81.0 Å². The Morgan fingerprint density at radius 2 is 2.21 bits per heavy atom. The van der Waals surface area contributed by atoms with Crippen molar-refractivity contribution in [3.63, 3.8) is 0 Å². The molecule has 72 valence electrons. The summed E-state index contributed by atoms with van der Waals surface area (Å²) in [4.78, 5) is 21.0. The molecule has 0 atom stereocenters. The normalized spacial score (nSPS) is 9.50. The zero-order chi connectivity index (χ0) is 10.7. The van der Waals surface area contributed by atoms with Gasteiger partial charge >= 0.3 is 0 Å². The maximum atomic E-state index is 11.0. The predicted molar refractivity (Wildman–Crippen MR) is 53.2 cm³/mol. The Hall–Kier alpha value is -1.97. The van der Waals surface area contributed by atoms with Crippen LogP contribution < -0.4 is 0 Å². The highest BCUT2D eigenvalue weighted by Crippen LogP contribution is 2.21. The third-order valence-corrected chi connectivity index (χ3v) is 1.85. The average molecular weight is 191 g/mol. The molecule has 4 heteroatoms. The van der Waals surface area contributed by atoms with Crippen molar-refractivity contribution in [2.45, 2.75) is 6.92 Å². The number of nitrogens with zero attached hydrogens (tertiary/aromatic N) is 1. The fourth-order valence-corrected chi connectivity index (χ4v) is 1.09. The van der Waals surface area contributed by atoms with Crippen LogP contribution in [0.15, 0.2) is 24.8 Å². The van der Waals surface area contributed by atoms with Gasteiger partial charge in [-0.2, -0.15) is 0 Å². The van der Waals surface area contributed by atoms with E-state index in [1.165, 1.54) is 25.1 Å². The third-order valence-electron chi connectivity index (χ3n) is 1.85. The summed E-state index contributed by atoms with van der Waals surface area (Å²) in [6, 6.07) is 4.33. The van der Waals surface area contributed by atoms with E-state index in [1.54, 1.807) is 6.07 Å². The molecule has 4 nitrogen and oxygen atoms in total. The van der Waals surface area contributed by atoms with E-state index in [4.69, 9.17) is 0 Å². The summed E-state index contributed by atoms with van der Waals surface area (Å²) in [5.41, 5.74) is 0.662. The van der Waals surface area contributed by atoms with Crippen molar-refractivity contribution in [2.75, 3.05) is 0 Å². The highest BCUT2D eigenvalue weighted by atomic mass is 16.6. The Morgan fingerprint density at radius 1 is 1.57 bits per heavy atom. The van der Waals surface area contributed by atoms with Gasteiger partial charge in [0.15, 0.2) is 5.78 Å². The SMILES string of the molecule is C=Cc1ccc(C(C)=O)cc1[N+](=O)[O-]. The van der Waals surface area contributed by atoms with E-state index in [2.05, 4.69) is 6.58 Å². The molecule has 0 aromatic heterocycles. The van der Waals surface area contributed by atoms with Crippen LogP contribution in [-0.2, 0) is 0 Å². The lowest BCUT2D eigenvalue weighted by Crippen LogP contribution is -1.97. The fourth-order valence-electron chi connectivity index (χ4n) is 1.09. The minimum Gasteiger partial charge on any atom is -0.295 e. The van der Waals surface area contributed by atoms with Crippen molar-refractivity contribution in [2.24, 2.45) is 0 Å². The molecule has 0 saturated carbocycles. The molecule has 0 aliphatic rings. The first kappa shape index (κ1) is 10.1. The average Bonchev–Trinajstić information content (AvgIpc) is 2.16. The quantitative estimate of drug-likeness (QED) is 0.418. The molecule has 1 aromatic carbocycles. The number of nitro groups is 1. The monoisotopic (exact) mass is 191 g/mol. The summed E-state index contributed by atoms with van der Waals surface area (Å²) in [5.74, 6) is -0.191. The molecule has 0 unspecified atom stereocenters. The van der Waals surface area contributed by atoms with Gasteiger partial charge in [0.05, 0.1) is 10.5 Å². The second kappa shape index (κ2) is 3.83. The smallest absolute Gasteiger partial charge is 0.277 e. The summed E-state index contributed by atoms with van der Waals surface area (Å²) < 4.78 is 0. The van der Waals surface area contributed by atoms with Gasteiger partial charge in [-0.15, -0.1) is 0 Å². The summed E-state index contributed by atoms with van der Waals surface area (Å²) in [7, 11) is 0. The van der Waals surface area contributed by atoms with E-state index in [0.717, 1.165) is 0 Å². The minimum absolute atomic E-state index is 0.0901. The van der Waals surface area contributed by atoms with Crippen molar-refractivity contribution >= 4 is 17.5 Å². The Balaban J connectivity index is 3.34. The number of carbonyl (C=O) groups excluding carboxylic acids is 1. The molecular formula is C10H9NO3. The van der Waals surface area contributed by atoms with Gasteiger partial charge in [0.25, 0.3) is 5.69 Å². The molecule has 0 saturated heterocycles. The Bertz CT molecular complexity index is 410. The van der Waals surface area contributed by atoms with E-state index < -0.39 is 4.92 Å². The second-order valence-electron chi connectivity index (χ2n) is 2.79.